The first-order chi connectivity index (χ1) is 14.1. The second kappa shape index (κ2) is 9.15. The Morgan fingerprint density at radius 3 is 2.34 bits per heavy atom. The van der Waals surface area contributed by atoms with Gasteiger partial charge in [-0.2, -0.15) is 5.26 Å². The lowest BCUT2D eigenvalue weighted by Gasteiger charge is -2.09. The Hall–Kier alpha value is -4.18. The minimum Gasteiger partial charge on any atom is -0.462 e. The molecule has 0 aliphatic carbocycles. The minimum atomic E-state index is -0.371. The standard InChI is InChI=1S/C22H18N4O3/c1-2-29-22(28)16-5-9-17(10-6-16)25-19-11-12-24-20(13-19)21(27)26-18-7-3-15(14-23)4-8-18/h3-13H,2H2,1H3,(H,24,25)(H,26,27). The van der Waals surface area contributed by atoms with E-state index in [4.69, 9.17) is 10.00 Å². The Bertz CT molecular complexity index is 1050. The molecule has 1 aromatic heterocycles. The molecule has 0 atom stereocenters. The third-order valence-electron chi connectivity index (χ3n) is 3.95. The summed E-state index contributed by atoms with van der Waals surface area (Å²) in [6, 6.07) is 18.8. The molecule has 29 heavy (non-hydrogen) atoms. The van der Waals surface area contributed by atoms with Crippen LogP contribution in [0.5, 0.6) is 0 Å². The quantitative estimate of drug-likeness (QED) is 0.618. The lowest BCUT2D eigenvalue weighted by molar-refractivity contribution is 0.0526. The van der Waals surface area contributed by atoms with Gasteiger partial charge in [0, 0.05) is 23.3 Å². The van der Waals surface area contributed by atoms with Gasteiger partial charge >= 0.3 is 5.97 Å². The van der Waals surface area contributed by atoms with Crippen molar-refractivity contribution in [3.8, 4) is 6.07 Å². The van der Waals surface area contributed by atoms with Crippen LogP contribution in [0.4, 0.5) is 17.1 Å². The molecule has 0 aliphatic rings. The topological polar surface area (TPSA) is 104 Å². The molecule has 0 saturated heterocycles. The summed E-state index contributed by atoms with van der Waals surface area (Å²) < 4.78 is 4.96. The summed E-state index contributed by atoms with van der Waals surface area (Å²) in [5.74, 6) is -0.735. The molecule has 1 amide bonds. The van der Waals surface area contributed by atoms with Crippen molar-refractivity contribution in [1.29, 1.82) is 5.26 Å². The van der Waals surface area contributed by atoms with Crippen molar-refractivity contribution in [2.24, 2.45) is 0 Å². The van der Waals surface area contributed by atoms with Crippen LogP contribution in [-0.4, -0.2) is 23.5 Å². The summed E-state index contributed by atoms with van der Waals surface area (Å²) in [4.78, 5) is 28.2. The van der Waals surface area contributed by atoms with Crippen molar-refractivity contribution in [2.45, 2.75) is 6.92 Å². The van der Waals surface area contributed by atoms with E-state index in [1.54, 1.807) is 67.6 Å². The highest BCUT2D eigenvalue weighted by Crippen LogP contribution is 2.18. The van der Waals surface area contributed by atoms with E-state index >= 15 is 0 Å². The van der Waals surface area contributed by atoms with Crippen LogP contribution in [0, 0.1) is 11.3 Å². The summed E-state index contributed by atoms with van der Waals surface area (Å²) in [5, 5.41) is 14.7. The van der Waals surface area contributed by atoms with Crippen LogP contribution in [0.25, 0.3) is 0 Å². The van der Waals surface area contributed by atoms with Gasteiger partial charge in [-0.3, -0.25) is 9.78 Å². The molecular formula is C22H18N4O3. The van der Waals surface area contributed by atoms with Crippen molar-refractivity contribution >= 4 is 28.9 Å². The summed E-state index contributed by atoms with van der Waals surface area (Å²) in [6.07, 6.45) is 1.53. The van der Waals surface area contributed by atoms with Gasteiger partial charge in [0.25, 0.3) is 5.91 Å². The van der Waals surface area contributed by atoms with Gasteiger partial charge in [0.15, 0.2) is 0 Å². The van der Waals surface area contributed by atoms with Crippen LogP contribution >= 0.6 is 0 Å². The highest BCUT2D eigenvalue weighted by Gasteiger charge is 2.10. The van der Waals surface area contributed by atoms with E-state index in [0.29, 0.717) is 29.1 Å². The van der Waals surface area contributed by atoms with Gasteiger partial charge in [-0.15, -0.1) is 0 Å². The molecule has 0 fully saturated rings. The summed E-state index contributed by atoms with van der Waals surface area (Å²) in [6.45, 7) is 2.08. The van der Waals surface area contributed by atoms with E-state index in [2.05, 4.69) is 15.6 Å². The van der Waals surface area contributed by atoms with E-state index in [0.717, 1.165) is 5.69 Å². The van der Waals surface area contributed by atoms with E-state index in [1.165, 1.54) is 6.20 Å². The number of nitriles is 1. The zero-order valence-corrected chi connectivity index (χ0v) is 15.7. The lowest BCUT2D eigenvalue weighted by Crippen LogP contribution is -2.13. The number of amides is 1. The fourth-order valence-electron chi connectivity index (χ4n) is 2.53. The first-order valence-electron chi connectivity index (χ1n) is 8.91. The second-order valence-electron chi connectivity index (χ2n) is 6.00. The van der Waals surface area contributed by atoms with E-state index < -0.39 is 0 Å². The maximum atomic E-state index is 12.4. The van der Waals surface area contributed by atoms with Gasteiger partial charge in [-0.1, -0.05) is 0 Å². The maximum absolute atomic E-state index is 12.4. The average molecular weight is 386 g/mol. The van der Waals surface area contributed by atoms with Gasteiger partial charge in [0.2, 0.25) is 0 Å². The smallest absolute Gasteiger partial charge is 0.338 e. The molecule has 2 aromatic carbocycles. The molecule has 2 N–H and O–H groups in total. The second-order valence-corrected chi connectivity index (χ2v) is 6.00. The average Bonchev–Trinajstić information content (AvgIpc) is 2.75. The van der Waals surface area contributed by atoms with Crippen molar-refractivity contribution in [1.82, 2.24) is 4.98 Å². The molecule has 3 aromatic rings. The van der Waals surface area contributed by atoms with Gasteiger partial charge in [-0.25, -0.2) is 4.79 Å². The fraction of sp³-hybridized carbons (Fsp3) is 0.0909. The van der Waals surface area contributed by atoms with Gasteiger partial charge in [0.05, 0.1) is 23.8 Å². The number of esters is 1. The van der Waals surface area contributed by atoms with Gasteiger partial charge in [0.1, 0.15) is 5.69 Å². The Balaban J connectivity index is 1.68. The molecule has 1 heterocycles. The van der Waals surface area contributed by atoms with Crippen molar-refractivity contribution in [3.05, 3.63) is 83.7 Å². The highest BCUT2D eigenvalue weighted by molar-refractivity contribution is 6.03. The number of nitrogens with one attached hydrogen (secondary N) is 2. The predicted molar refractivity (Wildman–Crippen MR) is 109 cm³/mol. The molecule has 0 saturated carbocycles. The van der Waals surface area contributed by atoms with Gasteiger partial charge < -0.3 is 15.4 Å². The fourth-order valence-corrected chi connectivity index (χ4v) is 2.53. The van der Waals surface area contributed by atoms with Crippen LogP contribution in [0.15, 0.2) is 66.9 Å². The van der Waals surface area contributed by atoms with Crippen LogP contribution in [0.1, 0.15) is 33.3 Å². The van der Waals surface area contributed by atoms with E-state index in [1.807, 2.05) is 6.07 Å². The Kier molecular flexibility index (Phi) is 6.18. The zero-order chi connectivity index (χ0) is 20.6. The Morgan fingerprint density at radius 2 is 1.69 bits per heavy atom. The number of carbonyl (C=O) groups excluding carboxylic acids is 2. The number of benzene rings is 2. The zero-order valence-electron chi connectivity index (χ0n) is 15.7. The number of nitrogens with zero attached hydrogens (tertiary/aromatic N) is 2. The number of ether oxygens (including phenoxy) is 1. The highest BCUT2D eigenvalue weighted by atomic mass is 16.5. The number of aromatic nitrogens is 1. The summed E-state index contributed by atoms with van der Waals surface area (Å²) in [5.41, 5.74) is 3.22. The van der Waals surface area contributed by atoms with Gasteiger partial charge in [-0.05, 0) is 67.6 Å². The van der Waals surface area contributed by atoms with Crippen LogP contribution in [0.2, 0.25) is 0 Å². The van der Waals surface area contributed by atoms with Crippen LogP contribution in [0.3, 0.4) is 0 Å². The number of carbonyl (C=O) groups is 2. The van der Waals surface area contributed by atoms with Crippen LogP contribution in [-0.2, 0) is 4.74 Å². The van der Waals surface area contributed by atoms with E-state index in [9.17, 15) is 9.59 Å². The molecule has 0 spiro atoms. The number of hydrogen-bond donors (Lipinski definition) is 2. The molecule has 144 valence electrons. The third-order valence-corrected chi connectivity index (χ3v) is 3.95. The lowest BCUT2D eigenvalue weighted by atomic mass is 10.2. The Morgan fingerprint density at radius 1 is 1.00 bits per heavy atom. The molecule has 0 bridgehead atoms. The SMILES string of the molecule is CCOC(=O)c1ccc(Nc2ccnc(C(=O)Nc3ccc(C#N)cc3)c2)cc1. The number of anilines is 3. The third kappa shape index (κ3) is 5.17. The summed E-state index contributed by atoms with van der Waals surface area (Å²) >= 11 is 0. The summed E-state index contributed by atoms with van der Waals surface area (Å²) in [7, 11) is 0. The van der Waals surface area contributed by atoms with Crippen molar-refractivity contribution < 1.29 is 14.3 Å². The predicted octanol–water partition coefficient (Wildman–Crippen LogP) is 4.13. The van der Waals surface area contributed by atoms with Crippen molar-refractivity contribution in [3.63, 3.8) is 0 Å². The molecule has 0 aliphatic heterocycles. The minimum absolute atomic E-state index is 0.238. The van der Waals surface area contributed by atoms with E-state index in [-0.39, 0.29) is 17.6 Å². The number of pyridine rings is 1. The molecular weight excluding hydrogens is 368 g/mol. The van der Waals surface area contributed by atoms with Crippen LogP contribution < -0.4 is 10.6 Å². The van der Waals surface area contributed by atoms with Crippen molar-refractivity contribution in [2.75, 3.05) is 17.2 Å². The number of rotatable bonds is 6. The monoisotopic (exact) mass is 386 g/mol. The maximum Gasteiger partial charge on any atom is 0.338 e. The number of hydrogen-bond acceptors (Lipinski definition) is 6. The normalized spacial score (nSPS) is 9.93. The largest absolute Gasteiger partial charge is 0.462 e. The molecule has 7 heteroatoms. The first-order valence-corrected chi connectivity index (χ1v) is 8.91. The Labute approximate surface area is 168 Å². The molecule has 7 nitrogen and oxygen atoms in total. The molecule has 0 unspecified atom stereocenters. The molecule has 0 radical (unpaired) electrons. The molecule has 3 rings (SSSR count). The first kappa shape index (κ1) is 19.6.